The topological polar surface area (TPSA) is 77.1 Å². The third-order valence-electron chi connectivity index (χ3n) is 5.29. The monoisotopic (exact) mass is 528 g/mol. The Labute approximate surface area is 215 Å². The van der Waals surface area contributed by atoms with Crippen LogP contribution >= 0.6 is 11.6 Å². The van der Waals surface area contributed by atoms with Crippen LogP contribution in [0.1, 0.15) is 12.5 Å². The minimum atomic E-state index is -1.75. The number of halogens is 2. The predicted octanol–water partition coefficient (Wildman–Crippen LogP) is 6.32. The number of hydrogen-bond donors (Lipinski definition) is 0. The first-order valence-electron chi connectivity index (χ1n) is 10.8. The van der Waals surface area contributed by atoms with Crippen LogP contribution in [0.15, 0.2) is 76.5 Å². The minimum absolute atomic E-state index is 0.0433. The molecule has 9 heteroatoms. The van der Waals surface area contributed by atoms with Crippen LogP contribution in [0.3, 0.4) is 0 Å². The van der Waals surface area contributed by atoms with E-state index in [9.17, 15) is 13.7 Å². The van der Waals surface area contributed by atoms with Gasteiger partial charge in [0.05, 0.1) is 19.6 Å². The normalized spacial score (nSPS) is 11.7. The van der Waals surface area contributed by atoms with E-state index in [1.807, 2.05) is 12.1 Å². The lowest BCUT2D eigenvalue weighted by Gasteiger charge is -2.21. The second kappa shape index (κ2) is 11.1. The van der Waals surface area contributed by atoms with E-state index in [2.05, 4.69) is 0 Å². The van der Waals surface area contributed by atoms with E-state index in [4.69, 9.17) is 30.5 Å². The molecule has 0 aliphatic rings. The summed E-state index contributed by atoms with van der Waals surface area (Å²) in [6.45, 7) is 1.42. The second-order valence-electron chi connectivity index (χ2n) is 7.63. The Morgan fingerprint density at radius 2 is 1.56 bits per heavy atom. The van der Waals surface area contributed by atoms with Crippen molar-refractivity contribution in [2.45, 2.75) is 23.3 Å². The second-order valence-corrected chi connectivity index (χ2v) is 9.52. The first-order valence-corrected chi connectivity index (χ1v) is 12.3. The molecule has 0 saturated heterocycles. The van der Waals surface area contributed by atoms with Gasteiger partial charge in [-0.05, 0) is 54.1 Å². The number of benzene rings is 4. The summed E-state index contributed by atoms with van der Waals surface area (Å²) in [4.78, 5) is 12.8. The number of esters is 1. The SMILES string of the molecule is COc1c(OC)c(OC(C)=O)c2c([S+]([O-])c3ccc(F)cc3)cccc2c1OCc1ccc(Cl)cc1. The van der Waals surface area contributed by atoms with Gasteiger partial charge < -0.3 is 23.5 Å². The molecule has 0 saturated carbocycles. The molecule has 0 N–H and O–H groups in total. The fourth-order valence-electron chi connectivity index (χ4n) is 3.73. The van der Waals surface area contributed by atoms with Crippen molar-refractivity contribution in [3.63, 3.8) is 0 Å². The summed E-state index contributed by atoms with van der Waals surface area (Å²) < 4.78 is 50.1. The highest BCUT2D eigenvalue weighted by Gasteiger charge is 2.30. The van der Waals surface area contributed by atoms with Crippen LogP contribution in [0.2, 0.25) is 5.02 Å². The van der Waals surface area contributed by atoms with Crippen LogP contribution in [0.4, 0.5) is 4.39 Å². The van der Waals surface area contributed by atoms with E-state index in [-0.39, 0.29) is 23.9 Å². The summed E-state index contributed by atoms with van der Waals surface area (Å²) in [7, 11) is 2.84. The van der Waals surface area contributed by atoms with E-state index in [1.165, 1.54) is 45.4 Å². The molecule has 0 aliphatic heterocycles. The predicted molar refractivity (Wildman–Crippen MR) is 135 cm³/mol. The highest BCUT2D eigenvalue weighted by molar-refractivity contribution is 7.91. The van der Waals surface area contributed by atoms with Gasteiger partial charge in [-0.3, -0.25) is 4.79 Å². The molecular weight excluding hydrogens is 507 g/mol. The first kappa shape index (κ1) is 25.6. The summed E-state index contributed by atoms with van der Waals surface area (Å²) in [6, 6.07) is 17.6. The van der Waals surface area contributed by atoms with Gasteiger partial charge in [0, 0.05) is 28.5 Å². The highest BCUT2D eigenvalue weighted by Crippen LogP contribution is 2.53. The summed E-state index contributed by atoms with van der Waals surface area (Å²) in [5.74, 6) is -0.378. The molecule has 4 rings (SSSR count). The van der Waals surface area contributed by atoms with Gasteiger partial charge in [0.1, 0.15) is 12.4 Å². The highest BCUT2D eigenvalue weighted by atomic mass is 35.5. The third kappa shape index (κ3) is 5.21. The van der Waals surface area contributed by atoms with Crippen molar-refractivity contribution in [1.29, 1.82) is 0 Å². The largest absolute Gasteiger partial charge is 0.606 e. The van der Waals surface area contributed by atoms with Gasteiger partial charge in [0.2, 0.25) is 11.5 Å². The Bertz CT molecular complexity index is 1390. The quantitative estimate of drug-likeness (QED) is 0.151. The number of carbonyl (C=O) groups is 1. The van der Waals surface area contributed by atoms with Crippen LogP contribution in [0.5, 0.6) is 23.0 Å². The standard InChI is InChI=1S/C27H22ClFO6S/c1-16(30)35-25-23-21(5-4-6-22(23)36(31)20-13-11-19(29)12-14-20)24(26(32-2)27(25)33-3)34-15-17-7-9-18(28)10-8-17/h4-14H,15H2,1-3H3. The zero-order valence-electron chi connectivity index (χ0n) is 19.7. The Kier molecular flexibility index (Phi) is 7.88. The van der Waals surface area contributed by atoms with E-state index >= 15 is 0 Å². The molecule has 1 unspecified atom stereocenters. The van der Waals surface area contributed by atoms with Gasteiger partial charge in [-0.15, -0.1) is 0 Å². The van der Waals surface area contributed by atoms with Crippen molar-refractivity contribution in [1.82, 2.24) is 0 Å². The van der Waals surface area contributed by atoms with Crippen molar-refractivity contribution < 1.29 is 32.7 Å². The molecule has 1 atom stereocenters. The van der Waals surface area contributed by atoms with Gasteiger partial charge in [0.15, 0.2) is 21.3 Å². The molecular formula is C27H22ClFO6S. The molecule has 186 valence electrons. The number of carbonyl (C=O) groups excluding carboxylic acids is 1. The van der Waals surface area contributed by atoms with Crippen molar-refractivity contribution in [3.05, 3.63) is 83.1 Å². The van der Waals surface area contributed by atoms with Gasteiger partial charge in [0.25, 0.3) is 0 Å². The summed E-state index contributed by atoms with van der Waals surface area (Å²) in [5.41, 5.74) is 0.851. The molecule has 0 radical (unpaired) electrons. The van der Waals surface area contributed by atoms with Gasteiger partial charge in [-0.2, -0.15) is 0 Å². The van der Waals surface area contributed by atoms with Crippen molar-refractivity contribution in [3.8, 4) is 23.0 Å². The maximum absolute atomic E-state index is 13.6. The Morgan fingerprint density at radius 1 is 0.917 bits per heavy atom. The number of rotatable bonds is 8. The number of ether oxygens (including phenoxy) is 4. The van der Waals surface area contributed by atoms with Crippen LogP contribution in [-0.2, 0) is 22.6 Å². The molecule has 6 nitrogen and oxygen atoms in total. The number of fused-ring (bicyclic) bond motifs is 1. The third-order valence-corrected chi connectivity index (χ3v) is 6.99. The number of hydrogen-bond acceptors (Lipinski definition) is 6. The summed E-state index contributed by atoms with van der Waals surface area (Å²) in [5, 5.41) is 1.44. The fourth-order valence-corrected chi connectivity index (χ4v) is 5.08. The van der Waals surface area contributed by atoms with Gasteiger partial charge >= 0.3 is 5.97 Å². The molecule has 0 spiro atoms. The van der Waals surface area contributed by atoms with E-state index in [1.54, 1.807) is 30.3 Å². The van der Waals surface area contributed by atoms with Crippen LogP contribution < -0.4 is 18.9 Å². The van der Waals surface area contributed by atoms with Crippen molar-refractivity contribution >= 4 is 39.5 Å². The number of methoxy groups -OCH3 is 2. The van der Waals surface area contributed by atoms with Crippen LogP contribution in [0, 0.1) is 5.82 Å². The molecule has 0 heterocycles. The molecule has 0 amide bonds. The fraction of sp³-hybridized carbons (Fsp3) is 0.148. The zero-order valence-corrected chi connectivity index (χ0v) is 21.2. The molecule has 4 aromatic rings. The van der Waals surface area contributed by atoms with Crippen LogP contribution in [0.25, 0.3) is 10.8 Å². The molecule has 0 bridgehead atoms. The van der Waals surface area contributed by atoms with E-state index < -0.39 is 23.0 Å². The maximum atomic E-state index is 13.6. The first-order chi connectivity index (χ1) is 17.3. The maximum Gasteiger partial charge on any atom is 0.308 e. The summed E-state index contributed by atoms with van der Waals surface area (Å²) in [6.07, 6.45) is 0. The molecule has 4 aromatic carbocycles. The van der Waals surface area contributed by atoms with E-state index in [0.29, 0.717) is 31.3 Å². The lowest BCUT2D eigenvalue weighted by molar-refractivity contribution is -0.131. The molecule has 0 aromatic heterocycles. The lowest BCUT2D eigenvalue weighted by atomic mass is 10.1. The van der Waals surface area contributed by atoms with Gasteiger partial charge in [-0.1, -0.05) is 29.8 Å². The Hall–Kier alpha value is -3.46. The average molecular weight is 529 g/mol. The van der Waals surface area contributed by atoms with Crippen molar-refractivity contribution in [2.75, 3.05) is 14.2 Å². The molecule has 0 fully saturated rings. The average Bonchev–Trinajstić information content (AvgIpc) is 2.88. The van der Waals surface area contributed by atoms with Crippen LogP contribution in [-0.4, -0.2) is 24.7 Å². The summed E-state index contributed by atoms with van der Waals surface area (Å²) >= 11 is 4.24. The molecule has 36 heavy (non-hydrogen) atoms. The van der Waals surface area contributed by atoms with Gasteiger partial charge in [-0.25, -0.2) is 4.39 Å². The Balaban J connectivity index is 1.95. The lowest BCUT2D eigenvalue weighted by Crippen LogP contribution is -2.09. The minimum Gasteiger partial charge on any atom is -0.606 e. The molecule has 0 aliphatic carbocycles. The smallest absolute Gasteiger partial charge is 0.308 e. The zero-order chi connectivity index (χ0) is 25.8. The Morgan fingerprint density at radius 3 is 2.17 bits per heavy atom. The van der Waals surface area contributed by atoms with E-state index in [0.717, 1.165) is 5.56 Å². The van der Waals surface area contributed by atoms with Crippen molar-refractivity contribution in [2.24, 2.45) is 0 Å².